The first kappa shape index (κ1) is 15.7. The van der Waals surface area contributed by atoms with Gasteiger partial charge in [-0.05, 0) is 31.5 Å². The van der Waals surface area contributed by atoms with E-state index in [0.717, 1.165) is 10.2 Å². The van der Waals surface area contributed by atoms with Crippen molar-refractivity contribution in [1.82, 2.24) is 4.98 Å². The van der Waals surface area contributed by atoms with Crippen LogP contribution < -0.4 is 4.90 Å². The van der Waals surface area contributed by atoms with Crippen molar-refractivity contribution in [3.63, 3.8) is 0 Å². The molecule has 0 bridgehead atoms. The number of carbonyl (C=O) groups excluding carboxylic acids is 1. The Morgan fingerprint density at radius 1 is 1.50 bits per heavy atom. The van der Waals surface area contributed by atoms with Crippen molar-refractivity contribution in [2.45, 2.75) is 13.3 Å². The second-order valence-electron chi connectivity index (χ2n) is 5.29. The van der Waals surface area contributed by atoms with Gasteiger partial charge in [-0.1, -0.05) is 22.9 Å². The van der Waals surface area contributed by atoms with Crippen LogP contribution in [0.4, 0.5) is 5.13 Å². The molecular formula is C14H15ClN2O3S2. The van der Waals surface area contributed by atoms with Crippen LogP contribution in [0.1, 0.15) is 13.3 Å². The lowest BCUT2D eigenvalue weighted by atomic mass is 10.1. The molecule has 1 aliphatic rings. The average molecular weight is 359 g/mol. The minimum absolute atomic E-state index is 0.0565. The molecule has 1 atom stereocenters. The quantitative estimate of drug-likeness (QED) is 0.846. The van der Waals surface area contributed by atoms with Gasteiger partial charge in [0.2, 0.25) is 5.91 Å². The molecule has 0 aliphatic carbocycles. The Hall–Kier alpha value is -1.18. The normalized spacial score (nSPS) is 20.4. The fourth-order valence-corrected chi connectivity index (χ4v) is 5.51. The summed E-state index contributed by atoms with van der Waals surface area (Å²) in [7, 11) is -3.08. The van der Waals surface area contributed by atoms with Crippen LogP contribution in [-0.2, 0) is 14.6 Å². The van der Waals surface area contributed by atoms with Gasteiger partial charge in [0, 0.05) is 11.6 Å². The van der Waals surface area contributed by atoms with E-state index in [1.165, 1.54) is 11.3 Å². The average Bonchev–Trinajstić information content (AvgIpc) is 3.02. The lowest BCUT2D eigenvalue weighted by Gasteiger charge is -2.20. The van der Waals surface area contributed by atoms with E-state index in [9.17, 15) is 13.2 Å². The maximum atomic E-state index is 12.6. The van der Waals surface area contributed by atoms with Crippen LogP contribution in [0.2, 0.25) is 5.02 Å². The van der Waals surface area contributed by atoms with Gasteiger partial charge in [-0.15, -0.1) is 0 Å². The van der Waals surface area contributed by atoms with Gasteiger partial charge >= 0.3 is 0 Å². The van der Waals surface area contributed by atoms with Gasteiger partial charge in [-0.25, -0.2) is 13.4 Å². The van der Waals surface area contributed by atoms with Crippen molar-refractivity contribution in [2.75, 3.05) is 23.0 Å². The molecule has 1 aromatic heterocycles. The van der Waals surface area contributed by atoms with Crippen LogP contribution in [0, 0.1) is 5.92 Å². The van der Waals surface area contributed by atoms with Crippen LogP contribution in [0.3, 0.4) is 0 Å². The molecule has 1 fully saturated rings. The zero-order valence-corrected chi connectivity index (χ0v) is 14.3. The molecule has 0 spiro atoms. The van der Waals surface area contributed by atoms with E-state index in [1.54, 1.807) is 17.0 Å². The number of fused-ring (bicyclic) bond motifs is 1. The Morgan fingerprint density at radius 3 is 2.91 bits per heavy atom. The summed E-state index contributed by atoms with van der Waals surface area (Å²) < 4.78 is 24.1. The largest absolute Gasteiger partial charge is 0.288 e. The van der Waals surface area contributed by atoms with Crippen molar-refractivity contribution >= 4 is 54.0 Å². The minimum atomic E-state index is -3.08. The fourth-order valence-electron chi connectivity index (χ4n) is 2.60. The van der Waals surface area contributed by atoms with Crippen molar-refractivity contribution in [3.8, 4) is 0 Å². The van der Waals surface area contributed by atoms with E-state index in [-0.39, 0.29) is 17.4 Å². The summed E-state index contributed by atoms with van der Waals surface area (Å²) in [5.41, 5.74) is 0.748. The van der Waals surface area contributed by atoms with Gasteiger partial charge in [-0.2, -0.15) is 0 Å². The molecule has 1 amide bonds. The SMILES string of the molecule is CCN(C(=O)C1CCS(=O)(=O)C1)c1nc2cc(Cl)ccc2s1. The molecule has 22 heavy (non-hydrogen) atoms. The highest BCUT2D eigenvalue weighted by Gasteiger charge is 2.36. The molecule has 118 valence electrons. The molecule has 1 saturated heterocycles. The van der Waals surface area contributed by atoms with Crippen LogP contribution in [-0.4, -0.2) is 37.4 Å². The topological polar surface area (TPSA) is 67.3 Å². The molecule has 1 aliphatic heterocycles. The lowest BCUT2D eigenvalue weighted by molar-refractivity contribution is -0.121. The Labute approximate surface area is 137 Å². The van der Waals surface area contributed by atoms with E-state index >= 15 is 0 Å². The number of benzene rings is 1. The van der Waals surface area contributed by atoms with E-state index in [0.29, 0.717) is 23.1 Å². The molecule has 1 aromatic carbocycles. The van der Waals surface area contributed by atoms with E-state index in [1.807, 2.05) is 13.0 Å². The number of sulfone groups is 1. The number of aromatic nitrogens is 1. The zero-order chi connectivity index (χ0) is 15.9. The standard InChI is InChI=1S/C14H15ClN2O3S2/c1-2-17(13(18)9-5-6-22(19,20)8-9)14-16-11-7-10(15)3-4-12(11)21-14/h3-4,7,9H,2,5-6,8H2,1H3. The van der Waals surface area contributed by atoms with Crippen LogP contribution in [0.25, 0.3) is 10.2 Å². The second-order valence-corrected chi connectivity index (χ2v) is 8.97. The molecule has 0 saturated carbocycles. The first-order valence-electron chi connectivity index (χ1n) is 6.97. The first-order valence-corrected chi connectivity index (χ1v) is 9.99. The smallest absolute Gasteiger partial charge is 0.232 e. The summed E-state index contributed by atoms with van der Waals surface area (Å²) in [6, 6.07) is 5.42. The number of rotatable bonds is 3. The van der Waals surface area contributed by atoms with Gasteiger partial charge in [-0.3, -0.25) is 9.69 Å². The Bertz CT molecular complexity index is 832. The van der Waals surface area contributed by atoms with Crippen LogP contribution in [0.15, 0.2) is 18.2 Å². The van der Waals surface area contributed by atoms with Crippen molar-refractivity contribution in [1.29, 1.82) is 0 Å². The highest BCUT2D eigenvalue weighted by Crippen LogP contribution is 2.32. The molecule has 2 aromatic rings. The van der Waals surface area contributed by atoms with Gasteiger partial charge in [0.15, 0.2) is 15.0 Å². The Morgan fingerprint density at radius 2 is 2.27 bits per heavy atom. The Kier molecular flexibility index (Phi) is 4.13. The summed E-state index contributed by atoms with van der Waals surface area (Å²) in [6.07, 6.45) is 0.397. The predicted molar refractivity (Wildman–Crippen MR) is 89.4 cm³/mol. The summed E-state index contributed by atoms with van der Waals surface area (Å²) >= 11 is 7.37. The molecule has 0 radical (unpaired) electrons. The summed E-state index contributed by atoms with van der Waals surface area (Å²) in [5, 5.41) is 1.19. The summed E-state index contributed by atoms with van der Waals surface area (Å²) in [6.45, 7) is 2.32. The summed E-state index contributed by atoms with van der Waals surface area (Å²) in [5.74, 6) is -0.579. The monoisotopic (exact) mass is 358 g/mol. The maximum absolute atomic E-state index is 12.6. The zero-order valence-electron chi connectivity index (χ0n) is 12.0. The van der Waals surface area contributed by atoms with Crippen molar-refractivity contribution in [3.05, 3.63) is 23.2 Å². The molecule has 8 heteroatoms. The number of hydrogen-bond donors (Lipinski definition) is 0. The predicted octanol–water partition coefficient (Wildman–Crippen LogP) is 2.74. The molecule has 1 unspecified atom stereocenters. The number of halogens is 1. The highest BCUT2D eigenvalue weighted by atomic mass is 35.5. The second kappa shape index (κ2) is 5.79. The maximum Gasteiger partial charge on any atom is 0.232 e. The van der Waals surface area contributed by atoms with Crippen molar-refractivity contribution < 1.29 is 13.2 Å². The number of anilines is 1. The van der Waals surface area contributed by atoms with Gasteiger partial charge < -0.3 is 0 Å². The Balaban J connectivity index is 1.90. The molecule has 3 rings (SSSR count). The van der Waals surface area contributed by atoms with Gasteiger partial charge in [0.1, 0.15) is 0 Å². The minimum Gasteiger partial charge on any atom is -0.288 e. The van der Waals surface area contributed by atoms with Gasteiger partial charge in [0.25, 0.3) is 0 Å². The number of hydrogen-bond acceptors (Lipinski definition) is 5. The lowest BCUT2D eigenvalue weighted by Crippen LogP contribution is -2.36. The molecule has 0 N–H and O–H groups in total. The van der Waals surface area contributed by atoms with Crippen LogP contribution in [0.5, 0.6) is 0 Å². The van der Waals surface area contributed by atoms with Crippen molar-refractivity contribution in [2.24, 2.45) is 5.92 Å². The number of amides is 1. The van der Waals surface area contributed by atoms with E-state index in [2.05, 4.69) is 4.98 Å². The molecule has 2 heterocycles. The first-order chi connectivity index (χ1) is 10.4. The number of nitrogens with zero attached hydrogens (tertiary/aromatic N) is 2. The van der Waals surface area contributed by atoms with E-state index < -0.39 is 15.8 Å². The molecular weight excluding hydrogens is 344 g/mol. The third-order valence-electron chi connectivity index (χ3n) is 3.73. The number of thiazole rings is 1. The van der Waals surface area contributed by atoms with E-state index in [4.69, 9.17) is 11.6 Å². The number of carbonyl (C=O) groups is 1. The molecule has 5 nitrogen and oxygen atoms in total. The van der Waals surface area contributed by atoms with Gasteiger partial charge in [0.05, 0.1) is 27.6 Å². The third kappa shape index (κ3) is 2.98. The highest BCUT2D eigenvalue weighted by molar-refractivity contribution is 7.91. The third-order valence-corrected chi connectivity index (χ3v) is 6.80. The summed E-state index contributed by atoms with van der Waals surface area (Å²) in [4.78, 5) is 18.6. The van der Waals surface area contributed by atoms with Crippen LogP contribution >= 0.6 is 22.9 Å². The fraction of sp³-hybridized carbons (Fsp3) is 0.429.